The zero-order chi connectivity index (χ0) is 29.7. The minimum Gasteiger partial charge on any atom is -0.530 e. The van der Waals surface area contributed by atoms with Gasteiger partial charge in [-0.25, -0.2) is 0 Å². The fraction of sp³-hybridized carbons (Fsp3) is 0.500. The molecule has 14 heteroatoms. The summed E-state index contributed by atoms with van der Waals surface area (Å²) in [6.07, 6.45) is -5.20. The molecular weight excluding hydrogens is 533 g/mol. The van der Waals surface area contributed by atoms with E-state index in [4.69, 9.17) is 4.42 Å². The van der Waals surface area contributed by atoms with Crippen molar-refractivity contribution in [2.75, 3.05) is 5.32 Å². The van der Waals surface area contributed by atoms with Crippen molar-refractivity contribution >= 4 is 17.8 Å². The topological polar surface area (TPSA) is 160 Å². The molecule has 0 spiro atoms. The molecule has 3 N–H and O–H groups in total. The number of carbonyl (C=O) groups is 2. The quantitative estimate of drug-likeness (QED) is 0.318. The zero-order valence-corrected chi connectivity index (χ0v) is 22.5. The van der Waals surface area contributed by atoms with E-state index in [1.807, 2.05) is 6.92 Å². The van der Waals surface area contributed by atoms with Crippen LogP contribution < -0.4 is 10.4 Å². The summed E-state index contributed by atoms with van der Waals surface area (Å²) >= 11 is 0. The van der Waals surface area contributed by atoms with Crippen LogP contribution in [0.2, 0.25) is 0 Å². The van der Waals surface area contributed by atoms with E-state index in [1.54, 1.807) is 20.8 Å². The van der Waals surface area contributed by atoms with Gasteiger partial charge in [0.2, 0.25) is 11.8 Å². The normalized spacial score (nSPS) is 14.4. The fourth-order valence-electron chi connectivity index (χ4n) is 4.30. The lowest BCUT2D eigenvalue weighted by atomic mass is 9.82. The van der Waals surface area contributed by atoms with Crippen LogP contribution in [-0.4, -0.2) is 60.6 Å². The van der Waals surface area contributed by atoms with Crippen LogP contribution in [0.15, 0.2) is 40.9 Å². The summed E-state index contributed by atoms with van der Waals surface area (Å²) < 4.78 is 44.4. The number of aromatic nitrogens is 4. The molecule has 2 amide bonds. The molecule has 0 radical (unpaired) electrons. The largest absolute Gasteiger partial charge is 0.530 e. The summed E-state index contributed by atoms with van der Waals surface area (Å²) in [5.41, 5.74) is -1.34. The Morgan fingerprint density at radius 2 is 1.82 bits per heavy atom. The van der Waals surface area contributed by atoms with Crippen LogP contribution in [0.5, 0.6) is 0 Å². The van der Waals surface area contributed by atoms with Gasteiger partial charge in [0.25, 0.3) is 5.91 Å². The molecule has 11 nitrogen and oxygen atoms in total. The van der Waals surface area contributed by atoms with E-state index in [0.717, 1.165) is 17.0 Å². The first-order valence-electron chi connectivity index (χ1n) is 12.7. The van der Waals surface area contributed by atoms with E-state index >= 15 is 0 Å². The number of aromatic amines is 1. The molecule has 0 saturated carbocycles. The molecule has 0 aliphatic heterocycles. The second kappa shape index (κ2) is 12.5. The molecule has 3 rings (SSSR count). The van der Waals surface area contributed by atoms with Gasteiger partial charge in [0.15, 0.2) is 6.10 Å². The Morgan fingerprint density at radius 1 is 1.15 bits per heavy atom. The van der Waals surface area contributed by atoms with Crippen molar-refractivity contribution in [1.82, 2.24) is 25.3 Å². The minimum absolute atomic E-state index is 0.0201. The van der Waals surface area contributed by atoms with Crippen LogP contribution in [-0.2, 0) is 17.4 Å². The minimum atomic E-state index is -4.50. The first-order valence-corrected chi connectivity index (χ1v) is 12.7. The van der Waals surface area contributed by atoms with Crippen molar-refractivity contribution in [3.8, 4) is 11.5 Å². The van der Waals surface area contributed by atoms with Crippen LogP contribution in [0, 0.1) is 5.41 Å². The van der Waals surface area contributed by atoms with Crippen molar-refractivity contribution in [1.29, 1.82) is 0 Å². The molecule has 218 valence electrons. The zero-order valence-electron chi connectivity index (χ0n) is 22.5. The second-order valence-corrected chi connectivity index (χ2v) is 10.4. The number of anilines is 1. The summed E-state index contributed by atoms with van der Waals surface area (Å²) in [5, 5.41) is 40.2. The molecule has 2 heterocycles. The third-order valence-corrected chi connectivity index (χ3v) is 6.44. The number of aliphatic hydroxyl groups excluding tert-OH is 1. The Hall–Kier alpha value is -3.94. The number of hydrogen-bond acceptors (Lipinski definition) is 8. The Bertz CT molecular complexity index is 1260. The number of hydrogen-bond donors (Lipinski definition) is 3. The first kappa shape index (κ1) is 30.6. The molecule has 0 aliphatic carbocycles. The number of nitrogens with zero attached hydrogens (tertiary/aromatic N) is 4. The number of nitrogens with one attached hydrogen (secondary N) is 2. The first-order chi connectivity index (χ1) is 18.7. The van der Waals surface area contributed by atoms with Gasteiger partial charge in [-0.05, 0) is 36.1 Å². The molecule has 0 saturated heterocycles. The predicted molar refractivity (Wildman–Crippen MR) is 135 cm³/mol. The average Bonchev–Trinajstić information content (AvgIpc) is 3.56. The molecule has 2 aromatic heterocycles. The van der Waals surface area contributed by atoms with Gasteiger partial charge >= 0.3 is 6.18 Å². The molecule has 0 bridgehead atoms. The van der Waals surface area contributed by atoms with Gasteiger partial charge in [-0.15, -0.1) is 10.2 Å². The molecule has 0 fully saturated rings. The van der Waals surface area contributed by atoms with Gasteiger partial charge in [-0.2, -0.15) is 18.3 Å². The number of unbranched alkanes of at least 4 members (excludes halogenated alkanes) is 1. The van der Waals surface area contributed by atoms with Gasteiger partial charge in [-0.1, -0.05) is 40.5 Å². The standard InChI is InChI=1S/C26H33F3N6O5/c1-5-6-7-17(21(36)22(37)31-19-12-13-30-32-19)35(24(38)39)18(25(2,3)4)14-20-33-34-23(40-20)15-8-10-16(11-9-15)26(27,28)29/h8-13,17-18,21,36H,5-7,14H2,1-4H3,(H,38,39)(H2,30,31,32,37)/p-1/t17-,18+,21+/m0/s1. The summed E-state index contributed by atoms with van der Waals surface area (Å²) in [6, 6.07) is 3.59. The van der Waals surface area contributed by atoms with E-state index in [0.29, 0.717) is 12.8 Å². The number of rotatable bonds is 11. The Labute approximate surface area is 228 Å². The van der Waals surface area contributed by atoms with E-state index in [9.17, 15) is 33.0 Å². The number of benzene rings is 1. The molecular formula is C26H32F3N6O5-. The number of carbonyl (C=O) groups excluding carboxylic acids is 2. The molecule has 3 aromatic rings. The Kier molecular flexibility index (Phi) is 9.56. The van der Waals surface area contributed by atoms with Gasteiger partial charge < -0.3 is 29.6 Å². The number of carboxylic acid groups (broad SMARTS) is 1. The maximum Gasteiger partial charge on any atom is 0.416 e. The van der Waals surface area contributed by atoms with Crippen molar-refractivity contribution in [3.05, 3.63) is 48.0 Å². The summed E-state index contributed by atoms with van der Waals surface area (Å²) in [7, 11) is 0. The summed E-state index contributed by atoms with van der Waals surface area (Å²) in [6.45, 7) is 7.21. The Balaban J connectivity index is 1.90. The van der Waals surface area contributed by atoms with Gasteiger partial charge in [0.1, 0.15) is 11.9 Å². The highest BCUT2D eigenvalue weighted by atomic mass is 19.4. The Morgan fingerprint density at radius 3 is 2.35 bits per heavy atom. The highest BCUT2D eigenvalue weighted by Gasteiger charge is 2.40. The van der Waals surface area contributed by atoms with Crippen molar-refractivity contribution in [3.63, 3.8) is 0 Å². The van der Waals surface area contributed by atoms with Crippen LogP contribution in [0.25, 0.3) is 11.5 Å². The number of aliphatic hydroxyl groups is 1. The molecule has 40 heavy (non-hydrogen) atoms. The van der Waals surface area contributed by atoms with Gasteiger partial charge in [-0.3, -0.25) is 9.89 Å². The van der Waals surface area contributed by atoms with Crippen LogP contribution >= 0.6 is 0 Å². The number of alkyl halides is 3. The number of halogens is 3. The lowest BCUT2D eigenvalue weighted by molar-refractivity contribution is -0.275. The van der Waals surface area contributed by atoms with E-state index < -0.39 is 47.3 Å². The number of H-pyrrole nitrogens is 1. The maximum atomic E-state index is 12.9. The van der Waals surface area contributed by atoms with Crippen molar-refractivity contribution in [2.24, 2.45) is 5.41 Å². The predicted octanol–water partition coefficient (Wildman–Crippen LogP) is 3.64. The van der Waals surface area contributed by atoms with Crippen LogP contribution in [0.1, 0.15) is 58.4 Å². The monoisotopic (exact) mass is 565 g/mol. The van der Waals surface area contributed by atoms with Gasteiger partial charge in [0, 0.05) is 24.1 Å². The van der Waals surface area contributed by atoms with Gasteiger partial charge in [0.05, 0.1) is 17.8 Å². The fourth-order valence-corrected chi connectivity index (χ4v) is 4.30. The highest BCUT2D eigenvalue weighted by molar-refractivity contribution is 5.93. The average molecular weight is 566 g/mol. The molecule has 1 aromatic carbocycles. The van der Waals surface area contributed by atoms with E-state index in [2.05, 4.69) is 25.7 Å². The summed E-state index contributed by atoms with van der Waals surface area (Å²) in [4.78, 5) is 26.4. The summed E-state index contributed by atoms with van der Waals surface area (Å²) in [5.74, 6) is -0.622. The lowest BCUT2D eigenvalue weighted by Crippen LogP contribution is -2.62. The third kappa shape index (κ3) is 7.58. The van der Waals surface area contributed by atoms with Crippen LogP contribution in [0.3, 0.4) is 0 Å². The second-order valence-electron chi connectivity index (χ2n) is 10.4. The van der Waals surface area contributed by atoms with Crippen molar-refractivity contribution in [2.45, 2.75) is 77.7 Å². The van der Waals surface area contributed by atoms with Crippen molar-refractivity contribution < 1.29 is 37.4 Å². The molecule has 0 aliphatic rings. The molecule has 0 unspecified atom stereocenters. The maximum absolute atomic E-state index is 12.9. The van der Waals surface area contributed by atoms with Crippen LogP contribution in [0.4, 0.5) is 23.8 Å². The van der Waals surface area contributed by atoms with E-state index in [-0.39, 0.29) is 36.0 Å². The lowest BCUT2D eigenvalue weighted by Gasteiger charge is -2.46. The van der Waals surface area contributed by atoms with E-state index in [1.165, 1.54) is 24.4 Å². The number of amides is 2. The smallest absolute Gasteiger partial charge is 0.416 e. The third-order valence-electron chi connectivity index (χ3n) is 6.44. The SMILES string of the molecule is CCCC[C@@H]([C@@H](O)C(=O)Nc1ccn[nH]1)N(C(=O)[O-])[C@H](Cc1nnc(-c2ccc(C(F)(F)F)cc2)o1)C(C)(C)C. The molecule has 3 atom stereocenters. The highest BCUT2D eigenvalue weighted by Crippen LogP contribution is 2.33.